The number of aromatic nitrogens is 1. The van der Waals surface area contributed by atoms with Gasteiger partial charge in [-0.15, -0.1) is 24.0 Å². The van der Waals surface area contributed by atoms with E-state index in [1.807, 2.05) is 0 Å². The first-order chi connectivity index (χ1) is 13.6. The highest BCUT2D eigenvalue weighted by atomic mass is 127. The average Bonchev–Trinajstić information content (AvgIpc) is 3.02. The molecule has 1 saturated heterocycles. The van der Waals surface area contributed by atoms with Crippen molar-refractivity contribution in [2.45, 2.75) is 38.6 Å². The minimum Gasteiger partial charge on any atom is -0.381 e. The number of likely N-dealkylation sites (N-methyl/N-ethyl adjacent to an activating group) is 1. The van der Waals surface area contributed by atoms with E-state index in [2.05, 4.69) is 72.7 Å². The fourth-order valence-electron chi connectivity index (χ4n) is 4.03. The number of H-pyrrole nitrogens is 1. The Bertz CT molecular complexity index is 796. The van der Waals surface area contributed by atoms with Crippen LogP contribution in [0, 0.1) is 6.92 Å². The second kappa shape index (κ2) is 11.2. The lowest BCUT2D eigenvalue weighted by Gasteiger charge is -2.41. The number of aryl methyl sites for hydroxylation is 1. The quantitative estimate of drug-likeness (QED) is 0.302. The molecule has 29 heavy (non-hydrogen) atoms. The summed E-state index contributed by atoms with van der Waals surface area (Å²) in [6.07, 6.45) is 3.02. The molecule has 0 spiro atoms. The minimum absolute atomic E-state index is 0. The molecule has 3 N–H and O–H groups in total. The van der Waals surface area contributed by atoms with Crippen molar-refractivity contribution in [3.8, 4) is 0 Å². The van der Waals surface area contributed by atoms with Gasteiger partial charge in [0.1, 0.15) is 0 Å². The molecule has 0 amide bonds. The molecule has 1 aromatic carbocycles. The molecular formula is C22H36IN5O. The molecule has 7 heteroatoms. The zero-order chi connectivity index (χ0) is 20.0. The van der Waals surface area contributed by atoms with Crippen LogP contribution in [0.1, 0.15) is 31.0 Å². The minimum atomic E-state index is 0. The van der Waals surface area contributed by atoms with Crippen LogP contribution in [0.2, 0.25) is 0 Å². The predicted molar refractivity (Wildman–Crippen MR) is 133 cm³/mol. The summed E-state index contributed by atoms with van der Waals surface area (Å²) in [5.41, 5.74) is 3.93. The number of benzene rings is 1. The van der Waals surface area contributed by atoms with Crippen molar-refractivity contribution in [2.24, 2.45) is 4.99 Å². The molecule has 162 valence electrons. The second-order valence-corrected chi connectivity index (χ2v) is 7.88. The van der Waals surface area contributed by atoms with Gasteiger partial charge in [0.25, 0.3) is 0 Å². The van der Waals surface area contributed by atoms with Crippen molar-refractivity contribution in [1.29, 1.82) is 0 Å². The Morgan fingerprint density at radius 2 is 1.93 bits per heavy atom. The summed E-state index contributed by atoms with van der Waals surface area (Å²) in [6, 6.07) is 8.51. The van der Waals surface area contributed by atoms with Gasteiger partial charge in [0.2, 0.25) is 0 Å². The van der Waals surface area contributed by atoms with Crippen LogP contribution in [0.4, 0.5) is 0 Å². The van der Waals surface area contributed by atoms with Crippen LogP contribution in [0.15, 0.2) is 29.3 Å². The largest absolute Gasteiger partial charge is 0.381 e. The lowest BCUT2D eigenvalue weighted by Crippen LogP contribution is -2.51. The molecule has 3 rings (SSSR count). The van der Waals surface area contributed by atoms with Gasteiger partial charge in [-0.2, -0.15) is 0 Å². The molecule has 0 aliphatic carbocycles. The third kappa shape index (κ3) is 5.86. The van der Waals surface area contributed by atoms with E-state index in [1.54, 1.807) is 0 Å². The number of ether oxygens (including phenoxy) is 1. The topological polar surface area (TPSA) is 64.7 Å². The molecule has 1 fully saturated rings. The molecule has 0 bridgehead atoms. The first-order valence-electron chi connectivity index (χ1n) is 10.4. The lowest BCUT2D eigenvalue weighted by molar-refractivity contribution is -0.00254. The van der Waals surface area contributed by atoms with Gasteiger partial charge in [-0.05, 0) is 58.8 Å². The second-order valence-electron chi connectivity index (χ2n) is 7.88. The average molecular weight is 513 g/mol. The number of hydrogen-bond acceptors (Lipinski definition) is 3. The zero-order valence-electron chi connectivity index (χ0n) is 18.2. The summed E-state index contributed by atoms with van der Waals surface area (Å²) in [6.45, 7) is 8.39. The molecule has 2 heterocycles. The Labute approximate surface area is 191 Å². The van der Waals surface area contributed by atoms with Crippen molar-refractivity contribution in [1.82, 2.24) is 20.5 Å². The zero-order valence-corrected chi connectivity index (χ0v) is 20.5. The lowest BCUT2D eigenvalue weighted by atomic mass is 9.89. The summed E-state index contributed by atoms with van der Waals surface area (Å²) in [7, 11) is 4.31. The molecule has 0 atom stereocenters. The summed E-state index contributed by atoms with van der Waals surface area (Å²) >= 11 is 0. The number of hydrogen-bond donors (Lipinski definition) is 3. The fourth-order valence-corrected chi connectivity index (χ4v) is 4.03. The Morgan fingerprint density at radius 1 is 1.21 bits per heavy atom. The number of nitrogens with one attached hydrogen (secondary N) is 3. The standard InChI is InChI=1S/C22H35N5O.HI/c1-5-23-21(25-16-22(27(3)4)11-14-28-15-12-22)24-13-10-18-17(2)26-20-9-7-6-8-19(18)20;/h6-9,26H,5,10-16H2,1-4H3,(H2,23,24,25);1H. The Balaban J connectivity index is 0.00000300. The molecule has 0 unspecified atom stereocenters. The molecule has 1 aliphatic rings. The van der Waals surface area contributed by atoms with Gasteiger partial charge in [-0.3, -0.25) is 4.99 Å². The van der Waals surface area contributed by atoms with Gasteiger partial charge in [-0.25, -0.2) is 0 Å². The Morgan fingerprint density at radius 3 is 2.62 bits per heavy atom. The number of fused-ring (bicyclic) bond motifs is 1. The number of aromatic amines is 1. The van der Waals surface area contributed by atoms with Crippen LogP contribution in [0.25, 0.3) is 10.9 Å². The van der Waals surface area contributed by atoms with Crippen LogP contribution in [0.5, 0.6) is 0 Å². The van der Waals surface area contributed by atoms with Crippen LogP contribution >= 0.6 is 24.0 Å². The monoisotopic (exact) mass is 513 g/mol. The number of guanidine groups is 1. The van der Waals surface area contributed by atoms with Gasteiger partial charge in [-0.1, -0.05) is 18.2 Å². The van der Waals surface area contributed by atoms with E-state index in [9.17, 15) is 0 Å². The number of nitrogens with zero attached hydrogens (tertiary/aromatic N) is 2. The summed E-state index contributed by atoms with van der Waals surface area (Å²) in [4.78, 5) is 10.7. The number of halogens is 1. The first-order valence-corrected chi connectivity index (χ1v) is 10.4. The van der Waals surface area contributed by atoms with E-state index in [1.165, 1.54) is 22.2 Å². The van der Waals surface area contributed by atoms with Crippen molar-refractivity contribution >= 4 is 40.8 Å². The molecule has 2 aromatic rings. The van der Waals surface area contributed by atoms with Crippen LogP contribution in [-0.2, 0) is 11.2 Å². The first kappa shape index (κ1) is 24.0. The predicted octanol–water partition coefficient (Wildman–Crippen LogP) is 3.30. The van der Waals surface area contributed by atoms with Crippen molar-refractivity contribution in [3.05, 3.63) is 35.5 Å². The Hall–Kier alpha value is -1.32. The summed E-state index contributed by atoms with van der Waals surface area (Å²) < 4.78 is 5.57. The summed E-state index contributed by atoms with van der Waals surface area (Å²) in [5, 5.41) is 8.23. The highest BCUT2D eigenvalue weighted by molar-refractivity contribution is 14.0. The van der Waals surface area contributed by atoms with Crippen LogP contribution in [-0.4, -0.2) is 68.3 Å². The van der Waals surface area contributed by atoms with Crippen molar-refractivity contribution in [3.63, 3.8) is 0 Å². The van der Waals surface area contributed by atoms with Gasteiger partial charge >= 0.3 is 0 Å². The van der Waals surface area contributed by atoms with Gasteiger partial charge in [0.05, 0.1) is 6.54 Å². The van der Waals surface area contributed by atoms with E-state index in [4.69, 9.17) is 9.73 Å². The van der Waals surface area contributed by atoms with Gasteiger partial charge in [0, 0.05) is 48.4 Å². The molecule has 1 aromatic heterocycles. The normalized spacial score (nSPS) is 16.7. The molecular weight excluding hydrogens is 477 g/mol. The highest BCUT2D eigenvalue weighted by Gasteiger charge is 2.34. The molecule has 1 aliphatic heterocycles. The van der Waals surface area contributed by atoms with Crippen LogP contribution in [0.3, 0.4) is 0 Å². The number of aliphatic imine (C=N–C) groups is 1. The fraction of sp³-hybridized carbons (Fsp3) is 0.591. The summed E-state index contributed by atoms with van der Waals surface area (Å²) in [5.74, 6) is 0.896. The van der Waals surface area contributed by atoms with Gasteiger partial charge < -0.3 is 25.3 Å². The van der Waals surface area contributed by atoms with Crippen LogP contribution < -0.4 is 10.6 Å². The van der Waals surface area contributed by atoms with Gasteiger partial charge in [0.15, 0.2) is 5.96 Å². The van der Waals surface area contributed by atoms with E-state index in [0.29, 0.717) is 0 Å². The third-order valence-corrected chi connectivity index (χ3v) is 5.94. The number of rotatable bonds is 7. The molecule has 6 nitrogen and oxygen atoms in total. The van der Waals surface area contributed by atoms with Crippen molar-refractivity contribution < 1.29 is 4.74 Å². The van der Waals surface area contributed by atoms with E-state index in [0.717, 1.165) is 58.1 Å². The smallest absolute Gasteiger partial charge is 0.191 e. The third-order valence-electron chi connectivity index (χ3n) is 5.94. The molecule has 0 saturated carbocycles. The van der Waals surface area contributed by atoms with E-state index >= 15 is 0 Å². The maximum atomic E-state index is 5.57. The maximum absolute atomic E-state index is 5.57. The maximum Gasteiger partial charge on any atom is 0.191 e. The SMILES string of the molecule is CCNC(=NCC1(N(C)C)CCOCC1)NCCc1c(C)[nH]c2ccccc12.I. The number of para-hydroxylation sites is 1. The van der Waals surface area contributed by atoms with E-state index < -0.39 is 0 Å². The molecule has 0 radical (unpaired) electrons. The Kier molecular flexibility index (Phi) is 9.23. The highest BCUT2D eigenvalue weighted by Crippen LogP contribution is 2.26. The van der Waals surface area contributed by atoms with E-state index in [-0.39, 0.29) is 29.5 Å². The van der Waals surface area contributed by atoms with Crippen molar-refractivity contribution in [2.75, 3.05) is 46.9 Å².